The topological polar surface area (TPSA) is 32.3 Å². The Balaban J connectivity index is 0.00000121. The van der Waals surface area contributed by atoms with Gasteiger partial charge in [-0.25, -0.2) is 22.0 Å². The minimum atomic E-state index is -2.17. The largest absolute Gasteiger partial charge is 0.458 e. The molecule has 0 unspecified atom stereocenters. The molecule has 1 aromatic carbocycles. The van der Waals surface area contributed by atoms with Gasteiger partial charge < -0.3 is 10.3 Å². The van der Waals surface area contributed by atoms with Gasteiger partial charge in [0.05, 0.1) is 0 Å². The van der Waals surface area contributed by atoms with E-state index >= 15 is 0 Å². The Morgan fingerprint density at radius 1 is 0.941 bits per heavy atom. The summed E-state index contributed by atoms with van der Waals surface area (Å²) in [6, 6.07) is 0. The number of hydrogen-bond acceptors (Lipinski definition) is 2. The van der Waals surface area contributed by atoms with Gasteiger partial charge in [-0.05, 0) is 0 Å². The van der Waals surface area contributed by atoms with Crippen LogP contribution in [0.2, 0.25) is 0 Å². The van der Waals surface area contributed by atoms with E-state index in [-0.39, 0.29) is 6.54 Å². The molecule has 0 amide bonds. The number of anilines is 1. The van der Waals surface area contributed by atoms with Crippen LogP contribution in [0.5, 0.6) is 0 Å². The van der Waals surface area contributed by atoms with Gasteiger partial charge in [-0.15, -0.1) is 6.58 Å². The van der Waals surface area contributed by atoms with Crippen molar-refractivity contribution in [3.8, 4) is 0 Å². The Morgan fingerprint density at radius 2 is 1.29 bits per heavy atom. The summed E-state index contributed by atoms with van der Waals surface area (Å²) in [5.74, 6) is -9.88. The van der Waals surface area contributed by atoms with Crippen molar-refractivity contribution in [2.24, 2.45) is 0 Å². The molecule has 0 saturated heterocycles. The third-order valence-corrected chi connectivity index (χ3v) is 1.63. The maximum Gasteiger partial charge on any atom is 0.252 e. The van der Waals surface area contributed by atoms with E-state index in [0.29, 0.717) is 0 Å². The number of halogens is 5. The molecule has 0 aromatic heterocycles. The highest BCUT2D eigenvalue weighted by molar-refractivity contribution is 5.95. The van der Waals surface area contributed by atoms with E-state index in [0.717, 1.165) is 8.05 Å². The van der Waals surface area contributed by atoms with Gasteiger partial charge in [0.1, 0.15) is 5.69 Å². The number of nitrogens with one attached hydrogen (secondary N) is 1. The highest BCUT2D eigenvalue weighted by Crippen LogP contribution is 2.26. The summed E-state index contributed by atoms with van der Waals surface area (Å²) in [5, 5.41) is 9.03. The molecule has 0 bridgehead atoms. The van der Waals surface area contributed by atoms with Crippen LogP contribution in [-0.4, -0.2) is 19.6 Å². The smallest absolute Gasteiger partial charge is 0.252 e. The van der Waals surface area contributed by atoms with Gasteiger partial charge >= 0.3 is 0 Å². The van der Waals surface area contributed by atoms with Crippen LogP contribution in [0.1, 0.15) is 0 Å². The molecule has 8 heteroatoms. The van der Waals surface area contributed by atoms with E-state index in [1.807, 2.05) is 5.32 Å². The predicted octanol–water partition coefficient (Wildman–Crippen LogP) is 1.51. The summed E-state index contributed by atoms with van der Waals surface area (Å²) in [4.78, 5) is 0. The van der Waals surface area contributed by atoms with Crippen molar-refractivity contribution in [1.82, 2.24) is 0 Å². The minimum absolute atomic E-state index is 0.113. The van der Waals surface area contributed by atoms with Crippen molar-refractivity contribution in [3.05, 3.63) is 41.7 Å². The number of rotatable bonds is 3. The fourth-order valence-corrected chi connectivity index (χ4v) is 0.934. The lowest BCUT2D eigenvalue weighted by Gasteiger charge is -2.08. The van der Waals surface area contributed by atoms with E-state index in [4.69, 9.17) is 5.02 Å². The first-order valence-corrected chi connectivity index (χ1v) is 4.31. The Morgan fingerprint density at radius 3 is 1.65 bits per heavy atom. The zero-order valence-corrected chi connectivity index (χ0v) is 8.83. The zero-order valence-electron chi connectivity index (χ0n) is 8.83. The summed E-state index contributed by atoms with van der Waals surface area (Å²) in [6.45, 7) is 3.12. The van der Waals surface area contributed by atoms with E-state index in [1.54, 1.807) is 0 Å². The Hall–Kier alpha value is -1.57. The predicted molar refractivity (Wildman–Crippen MR) is 55.7 cm³/mol. The molecule has 17 heavy (non-hydrogen) atoms. The highest BCUT2D eigenvalue weighted by atomic mass is 19.2. The Labute approximate surface area is 95.2 Å². The van der Waals surface area contributed by atoms with Gasteiger partial charge in [0, 0.05) is 6.54 Å². The van der Waals surface area contributed by atoms with Gasteiger partial charge in [-0.2, -0.15) is 0 Å². The molecular weight excluding hydrogens is 244 g/mol. The van der Waals surface area contributed by atoms with Crippen LogP contribution in [0.3, 0.4) is 0 Å². The molecule has 2 N–H and O–H groups in total. The molecule has 0 aliphatic rings. The van der Waals surface area contributed by atoms with Crippen molar-refractivity contribution in [1.29, 1.82) is 0 Å². The molecule has 1 aromatic rings. The second-order valence-electron chi connectivity index (χ2n) is 2.61. The van der Waals surface area contributed by atoms with Crippen LogP contribution in [0.4, 0.5) is 27.6 Å². The number of benzene rings is 1. The molecule has 0 aliphatic carbocycles. The lowest BCUT2D eigenvalue weighted by atomic mass is 10.2. The van der Waals surface area contributed by atoms with E-state index in [2.05, 4.69) is 6.58 Å². The van der Waals surface area contributed by atoms with E-state index in [1.165, 1.54) is 6.08 Å². The van der Waals surface area contributed by atoms with Crippen LogP contribution in [0.25, 0.3) is 0 Å². The normalized spacial score (nSPS) is 9.29. The third-order valence-electron chi connectivity index (χ3n) is 1.63. The fourth-order valence-electron chi connectivity index (χ4n) is 0.934. The molecule has 0 spiro atoms. The molecule has 2 nitrogen and oxygen atoms in total. The molecule has 0 atom stereocenters. The molecule has 0 aliphatic heterocycles. The zero-order chi connectivity index (χ0) is 13.6. The lowest BCUT2D eigenvalue weighted by Crippen LogP contribution is -2.09. The Bertz CT molecular complexity index is 384. The second kappa shape index (κ2) is 6.90. The van der Waals surface area contributed by atoms with Gasteiger partial charge in [0.25, 0.3) is 8.05 Å². The van der Waals surface area contributed by atoms with Crippen molar-refractivity contribution in [2.75, 3.05) is 11.9 Å². The lowest BCUT2D eigenvalue weighted by molar-refractivity contribution is 0.381. The van der Waals surface area contributed by atoms with E-state index in [9.17, 15) is 22.0 Å². The standard InChI is InChI=1S/C9H6F5N.BH3O/c1-2-3-15-9-7(13)5(11)4(10)6(12)8(9)14;1-2/h2,15H,1,3H2;2H,1H2. The van der Waals surface area contributed by atoms with Crippen LogP contribution >= 0.6 is 0 Å². The van der Waals surface area contributed by atoms with Gasteiger partial charge in [0.15, 0.2) is 23.3 Å². The van der Waals surface area contributed by atoms with Crippen molar-refractivity contribution in [3.63, 3.8) is 0 Å². The average molecular weight is 253 g/mol. The Kier molecular flexibility index (Phi) is 6.26. The molecule has 1 rings (SSSR count). The van der Waals surface area contributed by atoms with Crippen molar-refractivity contribution < 1.29 is 27.0 Å². The van der Waals surface area contributed by atoms with Crippen LogP contribution in [0.15, 0.2) is 12.7 Å². The molecule has 0 saturated carbocycles. The molecule has 94 valence electrons. The number of hydrogen-bond donors (Lipinski definition) is 2. The van der Waals surface area contributed by atoms with Gasteiger partial charge in [-0.1, -0.05) is 6.08 Å². The second-order valence-corrected chi connectivity index (χ2v) is 2.61. The first-order valence-electron chi connectivity index (χ1n) is 4.31. The quantitative estimate of drug-likeness (QED) is 0.281. The summed E-state index contributed by atoms with van der Waals surface area (Å²) in [6.07, 6.45) is 1.22. The third kappa shape index (κ3) is 3.19. The fraction of sp³-hybridized carbons (Fsp3) is 0.111. The maximum atomic E-state index is 12.9. The summed E-state index contributed by atoms with van der Waals surface area (Å²) >= 11 is 0. The molecule has 0 heterocycles. The van der Waals surface area contributed by atoms with Crippen LogP contribution in [0, 0.1) is 29.1 Å². The SMILES string of the molecule is BO.C=CCNc1c(F)c(F)c(F)c(F)c1F. The molecule has 0 radical (unpaired) electrons. The van der Waals surface area contributed by atoms with Crippen molar-refractivity contribution in [2.45, 2.75) is 0 Å². The monoisotopic (exact) mass is 253 g/mol. The highest BCUT2D eigenvalue weighted by Gasteiger charge is 2.25. The summed E-state index contributed by atoms with van der Waals surface area (Å²) < 4.78 is 63.6. The van der Waals surface area contributed by atoms with Crippen LogP contribution in [-0.2, 0) is 0 Å². The minimum Gasteiger partial charge on any atom is -0.458 e. The first kappa shape index (κ1) is 15.4. The maximum absolute atomic E-state index is 12.9. The van der Waals surface area contributed by atoms with Gasteiger partial charge in [0.2, 0.25) is 5.82 Å². The van der Waals surface area contributed by atoms with Crippen LogP contribution < -0.4 is 5.32 Å². The summed E-state index contributed by atoms with van der Waals surface area (Å²) in [7, 11) is 1.00. The molecular formula is C9H9BF5NO. The molecule has 0 fully saturated rings. The average Bonchev–Trinajstić information content (AvgIpc) is 2.36. The van der Waals surface area contributed by atoms with Gasteiger partial charge in [-0.3, -0.25) is 0 Å². The van der Waals surface area contributed by atoms with E-state index < -0.39 is 34.8 Å². The summed E-state index contributed by atoms with van der Waals surface area (Å²) in [5.41, 5.74) is -1.05. The first-order chi connectivity index (χ1) is 8.00. The van der Waals surface area contributed by atoms with Crippen molar-refractivity contribution >= 4 is 13.7 Å².